The molecule has 0 radical (unpaired) electrons. The Bertz CT molecular complexity index is 818. The van der Waals surface area contributed by atoms with E-state index in [0.29, 0.717) is 17.6 Å². The summed E-state index contributed by atoms with van der Waals surface area (Å²) in [7, 11) is 0. The number of aromatic nitrogens is 2. The lowest BCUT2D eigenvalue weighted by molar-refractivity contribution is 0.00904. The molecule has 3 fully saturated rings. The van der Waals surface area contributed by atoms with Crippen LogP contribution in [0, 0.1) is 5.92 Å². The Hall–Kier alpha value is -2.27. The van der Waals surface area contributed by atoms with Crippen LogP contribution in [0.4, 0.5) is 5.95 Å². The molecule has 0 N–H and O–H groups in total. The van der Waals surface area contributed by atoms with Crippen molar-refractivity contribution in [1.29, 1.82) is 0 Å². The first kappa shape index (κ1) is 18.7. The molecule has 2 bridgehead atoms. The summed E-state index contributed by atoms with van der Waals surface area (Å²) in [5.74, 6) is 1.13. The zero-order valence-corrected chi connectivity index (χ0v) is 17.0. The van der Waals surface area contributed by atoms with Gasteiger partial charge in [-0.05, 0) is 44.1 Å². The molecule has 5 nitrogen and oxygen atoms in total. The van der Waals surface area contributed by atoms with Crippen molar-refractivity contribution in [2.45, 2.75) is 63.6 Å². The fourth-order valence-electron chi connectivity index (χ4n) is 5.51. The predicted octanol–water partition coefficient (Wildman–Crippen LogP) is 4.09. The number of hydrogen-bond acceptors (Lipinski definition) is 5. The van der Waals surface area contributed by atoms with E-state index in [0.717, 1.165) is 38.4 Å². The van der Waals surface area contributed by atoms with Crippen LogP contribution in [-0.4, -0.2) is 45.8 Å². The highest BCUT2D eigenvalue weighted by atomic mass is 16.1. The maximum atomic E-state index is 13.2. The lowest BCUT2D eigenvalue weighted by Crippen LogP contribution is -2.52. The van der Waals surface area contributed by atoms with E-state index in [4.69, 9.17) is 0 Å². The Balaban J connectivity index is 1.27. The zero-order chi connectivity index (χ0) is 19.6. The molecule has 0 saturated carbocycles. The van der Waals surface area contributed by atoms with E-state index in [1.54, 1.807) is 12.4 Å². The van der Waals surface area contributed by atoms with Crippen molar-refractivity contribution >= 4 is 11.7 Å². The van der Waals surface area contributed by atoms with Crippen LogP contribution in [-0.2, 0) is 6.54 Å². The van der Waals surface area contributed by atoms with Gasteiger partial charge in [0.1, 0.15) is 0 Å². The standard InChI is InChI=1S/C24H30N4O/c29-23(20-15-25-24(26-16-20)27-11-4-5-12-27)19-13-21-9-6-10-22(14-19)28(21)17-18-7-2-1-3-8-18/h1-3,7-8,15-16,19,21-22H,4-6,9-14,17H2. The number of anilines is 1. The molecule has 0 aliphatic carbocycles. The molecule has 3 saturated heterocycles. The van der Waals surface area contributed by atoms with E-state index < -0.39 is 0 Å². The van der Waals surface area contributed by atoms with E-state index in [1.165, 1.54) is 37.7 Å². The number of piperidine rings is 2. The first-order chi connectivity index (χ1) is 14.3. The summed E-state index contributed by atoms with van der Waals surface area (Å²) < 4.78 is 0. The third-order valence-corrected chi connectivity index (χ3v) is 7.02. The molecule has 5 rings (SSSR count). The highest BCUT2D eigenvalue weighted by molar-refractivity contribution is 5.97. The van der Waals surface area contributed by atoms with Gasteiger partial charge in [-0.15, -0.1) is 0 Å². The third-order valence-electron chi connectivity index (χ3n) is 7.02. The lowest BCUT2D eigenvalue weighted by Gasteiger charge is -2.48. The fourth-order valence-corrected chi connectivity index (χ4v) is 5.51. The van der Waals surface area contributed by atoms with Gasteiger partial charge in [0, 0.05) is 50.0 Å². The number of hydrogen-bond donors (Lipinski definition) is 0. The second-order valence-corrected chi connectivity index (χ2v) is 8.89. The van der Waals surface area contributed by atoms with Gasteiger partial charge in [0.05, 0.1) is 5.56 Å². The zero-order valence-electron chi connectivity index (χ0n) is 17.0. The second-order valence-electron chi connectivity index (χ2n) is 8.89. The quantitative estimate of drug-likeness (QED) is 0.720. The SMILES string of the molecule is O=C(c1cnc(N2CCCC2)nc1)C1CC2CCCC(C1)N2Cc1ccccc1. The number of fused-ring (bicyclic) bond motifs is 2. The van der Waals surface area contributed by atoms with Crippen LogP contribution in [0.25, 0.3) is 0 Å². The van der Waals surface area contributed by atoms with E-state index in [9.17, 15) is 4.79 Å². The summed E-state index contributed by atoms with van der Waals surface area (Å²) in [6, 6.07) is 11.8. The first-order valence-corrected chi connectivity index (χ1v) is 11.2. The smallest absolute Gasteiger partial charge is 0.225 e. The summed E-state index contributed by atoms with van der Waals surface area (Å²) in [5, 5.41) is 0. The average Bonchev–Trinajstić information content (AvgIpc) is 3.29. The molecule has 29 heavy (non-hydrogen) atoms. The molecule has 1 aromatic heterocycles. The number of benzene rings is 1. The number of Topliss-reactive ketones (excluding diaryl/α,β-unsaturated/α-hetero) is 1. The molecule has 5 heteroatoms. The molecule has 3 aliphatic heterocycles. The first-order valence-electron chi connectivity index (χ1n) is 11.2. The fraction of sp³-hybridized carbons (Fsp3) is 0.542. The van der Waals surface area contributed by atoms with Crippen molar-refractivity contribution in [1.82, 2.24) is 14.9 Å². The van der Waals surface area contributed by atoms with Gasteiger partial charge >= 0.3 is 0 Å². The lowest BCUT2D eigenvalue weighted by atomic mass is 9.75. The summed E-state index contributed by atoms with van der Waals surface area (Å²) in [4.78, 5) is 27.1. The van der Waals surface area contributed by atoms with Crippen molar-refractivity contribution in [3.05, 3.63) is 53.9 Å². The highest BCUT2D eigenvalue weighted by Gasteiger charge is 2.40. The molecule has 152 valence electrons. The number of rotatable bonds is 5. The Morgan fingerprint density at radius 3 is 2.24 bits per heavy atom. The molecule has 1 aromatic carbocycles. The highest BCUT2D eigenvalue weighted by Crippen LogP contribution is 2.39. The molecule has 2 atom stereocenters. The molecule has 4 heterocycles. The van der Waals surface area contributed by atoms with E-state index in [-0.39, 0.29) is 11.7 Å². The second kappa shape index (κ2) is 8.23. The summed E-state index contributed by atoms with van der Waals surface area (Å²) in [5.41, 5.74) is 2.06. The van der Waals surface area contributed by atoms with Gasteiger partial charge in [-0.25, -0.2) is 9.97 Å². The van der Waals surface area contributed by atoms with Crippen LogP contribution in [0.2, 0.25) is 0 Å². The van der Waals surface area contributed by atoms with Gasteiger partial charge < -0.3 is 4.90 Å². The van der Waals surface area contributed by atoms with Crippen molar-refractivity contribution in [2.75, 3.05) is 18.0 Å². The maximum Gasteiger partial charge on any atom is 0.225 e. The molecular weight excluding hydrogens is 360 g/mol. The number of carbonyl (C=O) groups excluding carboxylic acids is 1. The Kier molecular flexibility index (Phi) is 5.32. The van der Waals surface area contributed by atoms with Gasteiger partial charge in [-0.2, -0.15) is 0 Å². The summed E-state index contributed by atoms with van der Waals surface area (Å²) in [6.07, 6.45) is 11.6. The minimum absolute atomic E-state index is 0.110. The monoisotopic (exact) mass is 390 g/mol. The normalized spacial score (nSPS) is 27.2. The molecule has 0 amide bonds. The van der Waals surface area contributed by atoms with E-state index >= 15 is 0 Å². The van der Waals surface area contributed by atoms with Crippen LogP contribution < -0.4 is 4.90 Å². The number of carbonyl (C=O) groups is 1. The van der Waals surface area contributed by atoms with Gasteiger partial charge in [0.2, 0.25) is 5.95 Å². The van der Waals surface area contributed by atoms with Crippen molar-refractivity contribution in [2.24, 2.45) is 5.92 Å². The number of ketones is 1. The van der Waals surface area contributed by atoms with Crippen molar-refractivity contribution in [3.63, 3.8) is 0 Å². The van der Waals surface area contributed by atoms with Gasteiger partial charge in [0.15, 0.2) is 5.78 Å². The van der Waals surface area contributed by atoms with Crippen LogP contribution in [0.5, 0.6) is 0 Å². The minimum Gasteiger partial charge on any atom is -0.341 e. The van der Waals surface area contributed by atoms with Gasteiger partial charge in [0.25, 0.3) is 0 Å². The predicted molar refractivity (Wildman–Crippen MR) is 114 cm³/mol. The number of nitrogens with zero attached hydrogens (tertiary/aromatic N) is 4. The van der Waals surface area contributed by atoms with Crippen molar-refractivity contribution in [3.8, 4) is 0 Å². The molecular formula is C24H30N4O. The Morgan fingerprint density at radius 1 is 0.931 bits per heavy atom. The van der Waals surface area contributed by atoms with Crippen LogP contribution in [0.1, 0.15) is 60.9 Å². The molecule has 3 aliphatic rings. The van der Waals surface area contributed by atoms with Gasteiger partial charge in [-0.3, -0.25) is 9.69 Å². The largest absolute Gasteiger partial charge is 0.341 e. The maximum absolute atomic E-state index is 13.2. The Labute approximate surface area is 173 Å². The Morgan fingerprint density at radius 2 is 1.59 bits per heavy atom. The van der Waals surface area contributed by atoms with E-state index in [1.807, 2.05) is 0 Å². The molecule has 2 aromatic rings. The topological polar surface area (TPSA) is 49.3 Å². The molecule has 0 spiro atoms. The summed E-state index contributed by atoms with van der Waals surface area (Å²) in [6.45, 7) is 3.05. The van der Waals surface area contributed by atoms with Crippen molar-refractivity contribution < 1.29 is 4.79 Å². The van der Waals surface area contributed by atoms with Crippen LogP contribution in [0.3, 0.4) is 0 Å². The van der Waals surface area contributed by atoms with E-state index in [2.05, 4.69) is 50.1 Å². The summed E-state index contributed by atoms with van der Waals surface area (Å²) >= 11 is 0. The minimum atomic E-state index is 0.110. The third kappa shape index (κ3) is 3.93. The molecule has 2 unspecified atom stereocenters. The average molecular weight is 391 g/mol. The van der Waals surface area contributed by atoms with Crippen LogP contribution in [0.15, 0.2) is 42.7 Å². The van der Waals surface area contributed by atoms with Crippen LogP contribution >= 0.6 is 0 Å². The van der Waals surface area contributed by atoms with Gasteiger partial charge in [-0.1, -0.05) is 36.8 Å².